The van der Waals surface area contributed by atoms with Crippen molar-refractivity contribution in [3.63, 3.8) is 0 Å². The summed E-state index contributed by atoms with van der Waals surface area (Å²) in [6.45, 7) is -0.228. The first-order valence-corrected chi connectivity index (χ1v) is 6.14. The fourth-order valence-electron chi connectivity index (χ4n) is 1.46. The average Bonchev–Trinajstić information content (AvgIpc) is 2.45. The fourth-order valence-corrected chi connectivity index (χ4v) is 1.46. The van der Waals surface area contributed by atoms with Crippen LogP contribution < -0.4 is 15.8 Å². The van der Waals surface area contributed by atoms with Gasteiger partial charge in [-0.05, 0) is 24.3 Å². The molecule has 8 heteroatoms. The number of urea groups is 1. The van der Waals surface area contributed by atoms with Crippen LogP contribution in [0.5, 0.6) is 5.75 Å². The number of hydrogen-bond donors (Lipinski definition) is 3. The Bertz CT molecular complexity index is 515. The van der Waals surface area contributed by atoms with Crippen LogP contribution in [0.2, 0.25) is 0 Å². The van der Waals surface area contributed by atoms with E-state index in [9.17, 15) is 14.4 Å². The van der Waals surface area contributed by atoms with Crippen LogP contribution in [0, 0.1) is 0 Å². The summed E-state index contributed by atoms with van der Waals surface area (Å²) in [4.78, 5) is 35.0. The number of rotatable bonds is 6. The number of hydrogen-bond acceptors (Lipinski definition) is 5. The molecule has 0 radical (unpaired) electrons. The maximum Gasteiger partial charge on any atom is 0.330 e. The number of ether oxygens (including phenoxy) is 1. The van der Waals surface area contributed by atoms with Crippen LogP contribution in [0.3, 0.4) is 0 Å². The molecule has 114 valence electrons. The molecule has 0 aliphatic heterocycles. The van der Waals surface area contributed by atoms with E-state index in [1.165, 1.54) is 29.2 Å². The first-order chi connectivity index (χ1) is 9.93. The van der Waals surface area contributed by atoms with Crippen molar-refractivity contribution in [3.8, 4) is 5.75 Å². The predicted octanol–water partition coefficient (Wildman–Crippen LogP) is -0.675. The molecule has 0 aromatic heterocycles. The summed E-state index contributed by atoms with van der Waals surface area (Å²) in [6.07, 6.45) is 0. The lowest BCUT2D eigenvalue weighted by atomic mass is 10.2. The van der Waals surface area contributed by atoms with Crippen molar-refractivity contribution < 1.29 is 24.2 Å². The lowest BCUT2D eigenvalue weighted by Gasteiger charge is -2.15. The van der Waals surface area contributed by atoms with Crippen molar-refractivity contribution in [2.75, 3.05) is 26.7 Å². The Balaban J connectivity index is 2.59. The van der Waals surface area contributed by atoms with Crippen molar-refractivity contribution in [2.45, 2.75) is 0 Å². The number of likely N-dealkylation sites (N-methyl/N-ethyl adjacent to an activating group) is 1. The Hall–Kier alpha value is -2.61. The summed E-state index contributed by atoms with van der Waals surface area (Å²) >= 11 is 0. The van der Waals surface area contributed by atoms with E-state index < -0.39 is 12.0 Å². The summed E-state index contributed by atoms with van der Waals surface area (Å²) < 4.78 is 4.93. The van der Waals surface area contributed by atoms with Gasteiger partial charge in [0, 0.05) is 19.2 Å². The highest BCUT2D eigenvalue weighted by molar-refractivity contribution is 5.94. The topological polar surface area (TPSA) is 122 Å². The molecule has 4 N–H and O–H groups in total. The standard InChI is InChI=1S/C13H17N3O5/c1-16(6-7-17)12(19)9-2-4-10(5-3-9)21-11(18)8-15-13(14)20/h2-5,17H,6-8H2,1H3,(H3,14,15,20). The van der Waals surface area contributed by atoms with E-state index >= 15 is 0 Å². The quantitative estimate of drug-likeness (QED) is 0.474. The zero-order chi connectivity index (χ0) is 15.8. The molecule has 1 rings (SSSR count). The van der Waals surface area contributed by atoms with Crippen molar-refractivity contribution >= 4 is 17.9 Å². The van der Waals surface area contributed by atoms with Gasteiger partial charge in [0.25, 0.3) is 5.91 Å². The van der Waals surface area contributed by atoms with E-state index in [-0.39, 0.29) is 31.4 Å². The van der Waals surface area contributed by atoms with E-state index in [0.717, 1.165) is 0 Å². The first-order valence-electron chi connectivity index (χ1n) is 6.14. The number of esters is 1. The molecular weight excluding hydrogens is 278 g/mol. The maximum absolute atomic E-state index is 11.9. The van der Waals surface area contributed by atoms with Gasteiger partial charge in [-0.25, -0.2) is 9.59 Å². The summed E-state index contributed by atoms with van der Waals surface area (Å²) in [5, 5.41) is 10.9. The largest absolute Gasteiger partial charge is 0.425 e. The fraction of sp³-hybridized carbons (Fsp3) is 0.308. The van der Waals surface area contributed by atoms with Gasteiger partial charge >= 0.3 is 12.0 Å². The summed E-state index contributed by atoms with van der Waals surface area (Å²) in [6, 6.07) is 5.10. The van der Waals surface area contributed by atoms with Crippen LogP contribution in [0.4, 0.5) is 4.79 Å². The number of aliphatic hydroxyl groups excluding tert-OH is 1. The van der Waals surface area contributed by atoms with Gasteiger partial charge in [-0.1, -0.05) is 0 Å². The number of nitrogens with zero attached hydrogens (tertiary/aromatic N) is 1. The Morgan fingerprint density at radius 2 is 1.90 bits per heavy atom. The summed E-state index contributed by atoms with van der Waals surface area (Å²) in [5.41, 5.74) is 5.23. The molecule has 21 heavy (non-hydrogen) atoms. The SMILES string of the molecule is CN(CCO)C(=O)c1ccc(OC(=O)CNC(N)=O)cc1. The minimum absolute atomic E-state index is 0.120. The third-order valence-electron chi connectivity index (χ3n) is 2.52. The maximum atomic E-state index is 11.9. The number of nitrogens with one attached hydrogen (secondary N) is 1. The average molecular weight is 295 g/mol. The molecule has 0 atom stereocenters. The number of carbonyl (C=O) groups excluding carboxylic acids is 3. The van der Waals surface area contributed by atoms with Gasteiger partial charge in [0.2, 0.25) is 0 Å². The van der Waals surface area contributed by atoms with Crippen LogP contribution in [-0.4, -0.2) is 54.7 Å². The number of carbonyl (C=O) groups is 3. The third kappa shape index (κ3) is 5.49. The minimum atomic E-state index is -0.820. The van der Waals surface area contributed by atoms with Gasteiger partial charge in [0.1, 0.15) is 12.3 Å². The molecular formula is C13H17N3O5. The van der Waals surface area contributed by atoms with E-state index in [0.29, 0.717) is 5.56 Å². The highest BCUT2D eigenvalue weighted by Crippen LogP contribution is 2.13. The Morgan fingerprint density at radius 3 is 2.43 bits per heavy atom. The second kappa shape index (κ2) is 7.85. The van der Waals surface area contributed by atoms with Gasteiger partial charge in [-0.15, -0.1) is 0 Å². The van der Waals surface area contributed by atoms with Crippen LogP contribution in [0.15, 0.2) is 24.3 Å². The van der Waals surface area contributed by atoms with Crippen LogP contribution in [0.1, 0.15) is 10.4 Å². The van der Waals surface area contributed by atoms with Gasteiger partial charge in [-0.2, -0.15) is 0 Å². The molecule has 0 heterocycles. The highest BCUT2D eigenvalue weighted by atomic mass is 16.5. The van der Waals surface area contributed by atoms with Crippen molar-refractivity contribution in [2.24, 2.45) is 5.73 Å². The normalized spacial score (nSPS) is 9.81. The molecule has 0 aliphatic carbocycles. The Labute approximate surface area is 121 Å². The van der Waals surface area contributed by atoms with Gasteiger partial charge in [0.05, 0.1) is 6.61 Å². The number of amides is 3. The van der Waals surface area contributed by atoms with Crippen LogP contribution >= 0.6 is 0 Å². The molecule has 1 aromatic carbocycles. The zero-order valence-electron chi connectivity index (χ0n) is 11.5. The first kappa shape index (κ1) is 16.4. The minimum Gasteiger partial charge on any atom is -0.425 e. The zero-order valence-corrected chi connectivity index (χ0v) is 11.5. The molecule has 1 aromatic rings. The molecule has 0 spiro atoms. The van der Waals surface area contributed by atoms with Crippen molar-refractivity contribution in [3.05, 3.63) is 29.8 Å². The number of nitrogens with two attached hydrogens (primary N) is 1. The molecule has 0 fully saturated rings. The summed E-state index contributed by atoms with van der Waals surface area (Å²) in [5.74, 6) is -0.685. The smallest absolute Gasteiger partial charge is 0.330 e. The number of benzene rings is 1. The van der Waals surface area contributed by atoms with Crippen LogP contribution in [-0.2, 0) is 4.79 Å². The Kier molecular flexibility index (Phi) is 6.15. The second-order valence-electron chi connectivity index (χ2n) is 4.17. The van der Waals surface area contributed by atoms with E-state index in [4.69, 9.17) is 15.6 Å². The molecule has 0 aliphatic rings. The van der Waals surface area contributed by atoms with Crippen molar-refractivity contribution in [1.29, 1.82) is 0 Å². The van der Waals surface area contributed by atoms with Crippen molar-refractivity contribution in [1.82, 2.24) is 10.2 Å². The lowest BCUT2D eigenvalue weighted by Crippen LogP contribution is -2.35. The molecule has 3 amide bonds. The molecule has 0 saturated heterocycles. The predicted molar refractivity (Wildman–Crippen MR) is 73.7 cm³/mol. The number of primary amides is 1. The van der Waals surface area contributed by atoms with E-state index in [1.54, 1.807) is 7.05 Å². The lowest BCUT2D eigenvalue weighted by molar-refractivity contribution is -0.133. The van der Waals surface area contributed by atoms with Gasteiger partial charge < -0.3 is 25.8 Å². The van der Waals surface area contributed by atoms with Crippen LogP contribution in [0.25, 0.3) is 0 Å². The molecule has 8 nitrogen and oxygen atoms in total. The van der Waals surface area contributed by atoms with Gasteiger partial charge in [-0.3, -0.25) is 4.79 Å². The van der Waals surface area contributed by atoms with Gasteiger partial charge in [0.15, 0.2) is 0 Å². The molecule has 0 unspecified atom stereocenters. The molecule has 0 bridgehead atoms. The highest BCUT2D eigenvalue weighted by Gasteiger charge is 2.12. The molecule has 0 saturated carbocycles. The number of aliphatic hydroxyl groups is 1. The monoisotopic (exact) mass is 295 g/mol. The Morgan fingerprint density at radius 1 is 1.29 bits per heavy atom. The second-order valence-corrected chi connectivity index (χ2v) is 4.17. The summed E-state index contributed by atoms with van der Waals surface area (Å²) in [7, 11) is 1.57. The van der Waals surface area contributed by atoms with E-state index in [1.807, 2.05) is 0 Å². The van der Waals surface area contributed by atoms with E-state index in [2.05, 4.69) is 5.32 Å². The third-order valence-corrected chi connectivity index (χ3v) is 2.52.